The van der Waals surface area contributed by atoms with E-state index in [1.165, 1.54) is 0 Å². The molecule has 24 heavy (non-hydrogen) atoms. The SMILES string of the molecule is CC(C)(O)C1CCN(C(=O)c2cc(CN3CCOCC3)on2)CC1. The van der Waals surface area contributed by atoms with E-state index in [1.54, 1.807) is 11.0 Å². The highest BCUT2D eigenvalue weighted by molar-refractivity contribution is 5.92. The molecule has 1 N–H and O–H groups in total. The van der Waals surface area contributed by atoms with Gasteiger partial charge in [0, 0.05) is 32.2 Å². The van der Waals surface area contributed by atoms with E-state index in [1.807, 2.05) is 13.8 Å². The molecule has 134 valence electrons. The summed E-state index contributed by atoms with van der Waals surface area (Å²) in [6.07, 6.45) is 1.63. The highest BCUT2D eigenvalue weighted by atomic mass is 16.5. The highest BCUT2D eigenvalue weighted by Crippen LogP contribution is 2.28. The normalized spacial score (nSPS) is 21.2. The quantitative estimate of drug-likeness (QED) is 0.887. The van der Waals surface area contributed by atoms with Crippen molar-refractivity contribution in [1.82, 2.24) is 15.0 Å². The van der Waals surface area contributed by atoms with E-state index in [4.69, 9.17) is 9.26 Å². The Bertz CT molecular complexity index is 552. The summed E-state index contributed by atoms with van der Waals surface area (Å²) in [5.41, 5.74) is -0.311. The zero-order valence-electron chi connectivity index (χ0n) is 14.5. The number of hydrogen-bond donors (Lipinski definition) is 1. The average molecular weight is 337 g/mol. The zero-order chi connectivity index (χ0) is 17.2. The lowest BCUT2D eigenvalue weighted by molar-refractivity contribution is -0.0109. The molecule has 0 atom stereocenters. The summed E-state index contributed by atoms with van der Waals surface area (Å²) in [6.45, 7) is 8.84. The van der Waals surface area contributed by atoms with E-state index in [0.29, 0.717) is 31.1 Å². The van der Waals surface area contributed by atoms with Gasteiger partial charge < -0.3 is 19.3 Å². The topological polar surface area (TPSA) is 79.0 Å². The molecule has 0 aliphatic carbocycles. The lowest BCUT2D eigenvalue weighted by atomic mass is 9.83. The molecule has 3 rings (SSSR count). The van der Waals surface area contributed by atoms with Crippen LogP contribution in [0, 0.1) is 5.92 Å². The number of aromatic nitrogens is 1. The molecule has 0 bridgehead atoms. The molecule has 2 aliphatic rings. The second-order valence-electron chi connectivity index (χ2n) is 7.29. The fourth-order valence-electron chi connectivity index (χ4n) is 3.42. The van der Waals surface area contributed by atoms with Gasteiger partial charge in [-0.2, -0.15) is 0 Å². The smallest absolute Gasteiger partial charge is 0.276 e. The highest BCUT2D eigenvalue weighted by Gasteiger charge is 2.33. The molecule has 2 fully saturated rings. The number of piperidine rings is 1. The van der Waals surface area contributed by atoms with Gasteiger partial charge in [-0.1, -0.05) is 5.16 Å². The number of amides is 1. The second-order valence-corrected chi connectivity index (χ2v) is 7.29. The Kier molecular flexibility index (Phi) is 5.22. The third kappa shape index (κ3) is 4.15. The minimum absolute atomic E-state index is 0.0822. The summed E-state index contributed by atoms with van der Waals surface area (Å²) < 4.78 is 10.7. The number of aliphatic hydroxyl groups is 1. The molecule has 1 amide bonds. The van der Waals surface area contributed by atoms with Crippen molar-refractivity contribution >= 4 is 5.91 Å². The van der Waals surface area contributed by atoms with Crippen LogP contribution in [0.4, 0.5) is 0 Å². The summed E-state index contributed by atoms with van der Waals surface area (Å²) >= 11 is 0. The number of likely N-dealkylation sites (tertiary alicyclic amines) is 1. The number of nitrogens with zero attached hydrogens (tertiary/aromatic N) is 3. The molecule has 0 saturated carbocycles. The van der Waals surface area contributed by atoms with Crippen LogP contribution in [0.3, 0.4) is 0 Å². The maximum atomic E-state index is 12.6. The number of rotatable bonds is 4. The van der Waals surface area contributed by atoms with Crippen molar-refractivity contribution in [3.8, 4) is 0 Å². The fraction of sp³-hybridized carbons (Fsp3) is 0.765. The number of ether oxygens (including phenoxy) is 1. The first-order chi connectivity index (χ1) is 11.4. The van der Waals surface area contributed by atoms with Crippen LogP contribution in [0.5, 0.6) is 0 Å². The minimum Gasteiger partial charge on any atom is -0.390 e. The molecule has 3 heterocycles. The molecule has 0 aromatic carbocycles. The molecule has 7 nitrogen and oxygen atoms in total. The van der Waals surface area contributed by atoms with Crippen molar-refractivity contribution in [2.45, 2.75) is 38.8 Å². The summed E-state index contributed by atoms with van der Waals surface area (Å²) in [5.74, 6) is 0.864. The van der Waals surface area contributed by atoms with E-state index in [0.717, 1.165) is 39.1 Å². The Morgan fingerprint density at radius 1 is 1.29 bits per heavy atom. The Balaban J connectivity index is 1.54. The Morgan fingerprint density at radius 2 is 1.96 bits per heavy atom. The van der Waals surface area contributed by atoms with Gasteiger partial charge in [-0.3, -0.25) is 9.69 Å². The van der Waals surface area contributed by atoms with E-state index in [2.05, 4.69) is 10.1 Å². The van der Waals surface area contributed by atoms with E-state index in [9.17, 15) is 9.90 Å². The van der Waals surface area contributed by atoms with Crippen LogP contribution < -0.4 is 0 Å². The van der Waals surface area contributed by atoms with Crippen LogP contribution in [-0.4, -0.2) is 71.0 Å². The number of morpholine rings is 1. The molecule has 1 aromatic rings. The van der Waals surface area contributed by atoms with Gasteiger partial charge in [0.2, 0.25) is 0 Å². The third-order valence-electron chi connectivity index (χ3n) is 5.04. The van der Waals surface area contributed by atoms with Gasteiger partial charge in [0.15, 0.2) is 11.5 Å². The lowest BCUT2D eigenvalue weighted by Gasteiger charge is -2.37. The van der Waals surface area contributed by atoms with Gasteiger partial charge in [-0.25, -0.2) is 0 Å². The molecule has 0 radical (unpaired) electrons. The van der Waals surface area contributed by atoms with Crippen LogP contribution in [0.15, 0.2) is 10.6 Å². The summed E-state index contributed by atoms with van der Waals surface area (Å²) in [5, 5.41) is 14.1. The monoisotopic (exact) mass is 337 g/mol. The van der Waals surface area contributed by atoms with Gasteiger partial charge in [-0.15, -0.1) is 0 Å². The summed E-state index contributed by atoms with van der Waals surface area (Å²) in [6, 6.07) is 1.75. The van der Waals surface area contributed by atoms with Crippen molar-refractivity contribution in [2.75, 3.05) is 39.4 Å². The molecular formula is C17H27N3O4. The third-order valence-corrected chi connectivity index (χ3v) is 5.04. The maximum absolute atomic E-state index is 12.6. The predicted molar refractivity (Wildman–Crippen MR) is 87.5 cm³/mol. The number of carbonyl (C=O) groups is 1. The van der Waals surface area contributed by atoms with Crippen molar-refractivity contribution in [3.05, 3.63) is 17.5 Å². The molecule has 2 aliphatic heterocycles. The maximum Gasteiger partial charge on any atom is 0.276 e. The van der Waals surface area contributed by atoms with E-state index in [-0.39, 0.29) is 11.8 Å². The summed E-state index contributed by atoms with van der Waals surface area (Å²) in [7, 11) is 0. The minimum atomic E-state index is -0.686. The number of carbonyl (C=O) groups excluding carboxylic acids is 1. The van der Waals surface area contributed by atoms with Crippen molar-refractivity contribution in [3.63, 3.8) is 0 Å². The van der Waals surface area contributed by atoms with Crippen molar-refractivity contribution < 1.29 is 19.2 Å². The molecule has 0 unspecified atom stereocenters. The van der Waals surface area contributed by atoms with Gasteiger partial charge >= 0.3 is 0 Å². The van der Waals surface area contributed by atoms with Gasteiger partial charge in [-0.05, 0) is 32.6 Å². The lowest BCUT2D eigenvalue weighted by Crippen LogP contribution is -2.44. The largest absolute Gasteiger partial charge is 0.390 e. The van der Waals surface area contributed by atoms with Crippen LogP contribution in [0.2, 0.25) is 0 Å². The first kappa shape index (κ1) is 17.4. The van der Waals surface area contributed by atoms with E-state index < -0.39 is 5.60 Å². The summed E-state index contributed by atoms with van der Waals surface area (Å²) in [4.78, 5) is 16.6. The molecule has 7 heteroatoms. The van der Waals surface area contributed by atoms with Crippen LogP contribution in [-0.2, 0) is 11.3 Å². The van der Waals surface area contributed by atoms with Gasteiger partial charge in [0.25, 0.3) is 5.91 Å². The Hall–Kier alpha value is -1.44. The van der Waals surface area contributed by atoms with Crippen LogP contribution in [0.1, 0.15) is 42.9 Å². The Morgan fingerprint density at radius 3 is 2.58 bits per heavy atom. The Labute approximate surface area is 142 Å². The standard InChI is InChI=1S/C17H27N3O4/c1-17(2,22)13-3-5-20(6-4-13)16(21)15-11-14(24-18-15)12-19-7-9-23-10-8-19/h11,13,22H,3-10,12H2,1-2H3. The average Bonchev–Trinajstić information content (AvgIpc) is 3.03. The van der Waals surface area contributed by atoms with Crippen molar-refractivity contribution in [2.24, 2.45) is 5.92 Å². The van der Waals surface area contributed by atoms with E-state index >= 15 is 0 Å². The first-order valence-electron chi connectivity index (χ1n) is 8.71. The molecule has 1 aromatic heterocycles. The first-order valence-corrected chi connectivity index (χ1v) is 8.71. The molecule has 2 saturated heterocycles. The second kappa shape index (κ2) is 7.21. The molecular weight excluding hydrogens is 310 g/mol. The molecule has 0 spiro atoms. The van der Waals surface area contributed by atoms with Crippen LogP contribution >= 0.6 is 0 Å². The van der Waals surface area contributed by atoms with Crippen LogP contribution in [0.25, 0.3) is 0 Å². The predicted octanol–water partition coefficient (Wildman–Crippen LogP) is 1.13. The van der Waals surface area contributed by atoms with Crippen molar-refractivity contribution in [1.29, 1.82) is 0 Å². The zero-order valence-corrected chi connectivity index (χ0v) is 14.5. The van der Waals surface area contributed by atoms with Gasteiger partial charge in [0.1, 0.15) is 0 Å². The fourth-order valence-corrected chi connectivity index (χ4v) is 3.42. The number of hydrogen-bond acceptors (Lipinski definition) is 6. The van der Waals surface area contributed by atoms with Gasteiger partial charge in [0.05, 0.1) is 25.4 Å².